The number of carbonyl (C=O) groups is 2. The highest BCUT2D eigenvalue weighted by Crippen LogP contribution is 2.33. The van der Waals surface area contributed by atoms with E-state index in [1.165, 1.54) is 16.6 Å². The SMILES string of the molecule is N#Cc1ccc(-c2ccc3nc(NC(=O)C[C@H]4OC(=O)c5ccccc54)nn3c2)cc1F. The Bertz CT molecular complexity index is 1440. The number of hydrogen-bond acceptors (Lipinski definition) is 6. The first kappa shape index (κ1) is 19.4. The highest BCUT2D eigenvalue weighted by Gasteiger charge is 2.32. The van der Waals surface area contributed by atoms with Crippen LogP contribution in [-0.4, -0.2) is 26.5 Å². The number of hydrogen-bond donors (Lipinski definition) is 1. The number of fused-ring (bicyclic) bond motifs is 2. The van der Waals surface area contributed by atoms with E-state index in [-0.39, 0.29) is 17.9 Å². The summed E-state index contributed by atoms with van der Waals surface area (Å²) >= 11 is 0. The van der Waals surface area contributed by atoms with Crippen LogP contribution in [0.2, 0.25) is 0 Å². The largest absolute Gasteiger partial charge is 0.453 e. The molecular formula is C23H14FN5O3. The molecule has 1 aliphatic heterocycles. The van der Waals surface area contributed by atoms with Gasteiger partial charge in [-0.15, -0.1) is 5.10 Å². The van der Waals surface area contributed by atoms with Gasteiger partial charge in [0.1, 0.15) is 18.0 Å². The number of anilines is 1. The molecule has 1 atom stereocenters. The van der Waals surface area contributed by atoms with Crippen LogP contribution in [0.5, 0.6) is 0 Å². The van der Waals surface area contributed by atoms with E-state index in [2.05, 4.69) is 15.4 Å². The third kappa shape index (κ3) is 3.44. The molecule has 0 aliphatic carbocycles. The predicted molar refractivity (Wildman–Crippen MR) is 111 cm³/mol. The smallest absolute Gasteiger partial charge is 0.339 e. The van der Waals surface area contributed by atoms with Gasteiger partial charge in [-0.25, -0.2) is 13.7 Å². The molecule has 0 radical (unpaired) electrons. The molecule has 0 saturated heterocycles. The van der Waals surface area contributed by atoms with Gasteiger partial charge in [0.2, 0.25) is 11.9 Å². The van der Waals surface area contributed by atoms with Crippen molar-refractivity contribution in [3.63, 3.8) is 0 Å². The summed E-state index contributed by atoms with van der Waals surface area (Å²) in [6.07, 6.45) is 0.927. The molecule has 0 spiro atoms. The second kappa shape index (κ2) is 7.59. The highest BCUT2D eigenvalue weighted by atomic mass is 19.1. The Labute approximate surface area is 180 Å². The lowest BCUT2D eigenvalue weighted by Gasteiger charge is -2.09. The number of carbonyl (C=O) groups excluding carboxylic acids is 2. The standard InChI is InChI=1S/C23H14FN5O3/c24-18-9-13(5-6-14(18)11-25)15-7-8-20-26-23(28-29(20)12-15)27-21(30)10-19-16-3-1-2-4-17(16)22(31)32-19/h1-9,12,19H,10H2,(H,27,28,30)/t19-/m1/s1. The van der Waals surface area contributed by atoms with Crippen LogP contribution < -0.4 is 5.32 Å². The molecule has 0 fully saturated rings. The van der Waals surface area contributed by atoms with Gasteiger partial charge >= 0.3 is 5.97 Å². The number of halogens is 1. The van der Waals surface area contributed by atoms with E-state index in [0.29, 0.717) is 27.9 Å². The van der Waals surface area contributed by atoms with Gasteiger partial charge in [-0.3, -0.25) is 10.1 Å². The summed E-state index contributed by atoms with van der Waals surface area (Å²) < 4.78 is 20.7. The number of amides is 1. The molecule has 1 amide bonds. The van der Waals surface area contributed by atoms with Crippen LogP contribution in [0, 0.1) is 17.1 Å². The molecule has 3 heterocycles. The topological polar surface area (TPSA) is 109 Å². The molecule has 5 rings (SSSR count). The van der Waals surface area contributed by atoms with Crippen molar-refractivity contribution in [3.8, 4) is 17.2 Å². The van der Waals surface area contributed by atoms with Gasteiger partial charge in [0, 0.05) is 17.3 Å². The van der Waals surface area contributed by atoms with Crippen LogP contribution in [0.25, 0.3) is 16.8 Å². The lowest BCUT2D eigenvalue weighted by molar-refractivity contribution is -0.118. The second-order valence-electron chi connectivity index (χ2n) is 7.20. The van der Waals surface area contributed by atoms with Crippen LogP contribution in [-0.2, 0) is 9.53 Å². The number of nitrogens with zero attached hydrogens (tertiary/aromatic N) is 4. The lowest BCUT2D eigenvalue weighted by Crippen LogP contribution is -2.16. The molecule has 32 heavy (non-hydrogen) atoms. The molecule has 2 aromatic carbocycles. The normalized spacial score (nSPS) is 14.6. The third-order valence-corrected chi connectivity index (χ3v) is 5.15. The van der Waals surface area contributed by atoms with Crippen LogP contribution in [0.3, 0.4) is 0 Å². The number of benzene rings is 2. The Balaban J connectivity index is 1.33. The number of aromatic nitrogens is 3. The quantitative estimate of drug-likeness (QED) is 0.498. The van der Waals surface area contributed by atoms with Crippen molar-refractivity contribution in [3.05, 3.63) is 83.3 Å². The van der Waals surface area contributed by atoms with Crippen molar-refractivity contribution in [1.82, 2.24) is 14.6 Å². The van der Waals surface area contributed by atoms with Gasteiger partial charge in [0.05, 0.1) is 17.5 Å². The summed E-state index contributed by atoms with van der Waals surface area (Å²) in [6, 6.07) is 16.5. The second-order valence-corrected chi connectivity index (χ2v) is 7.20. The van der Waals surface area contributed by atoms with Gasteiger partial charge in [0.15, 0.2) is 5.65 Å². The summed E-state index contributed by atoms with van der Waals surface area (Å²) in [6.45, 7) is 0. The Morgan fingerprint density at radius 2 is 2.00 bits per heavy atom. The summed E-state index contributed by atoms with van der Waals surface area (Å²) in [7, 11) is 0. The van der Waals surface area contributed by atoms with Gasteiger partial charge in [-0.1, -0.05) is 24.3 Å². The average Bonchev–Trinajstić information content (AvgIpc) is 3.33. The van der Waals surface area contributed by atoms with Gasteiger partial charge in [-0.2, -0.15) is 10.2 Å². The zero-order chi connectivity index (χ0) is 22.2. The van der Waals surface area contributed by atoms with E-state index in [0.717, 1.165) is 0 Å². The summed E-state index contributed by atoms with van der Waals surface area (Å²) in [5.74, 6) is -1.36. The fourth-order valence-corrected chi connectivity index (χ4v) is 3.61. The number of esters is 1. The zero-order valence-corrected chi connectivity index (χ0v) is 16.4. The maximum absolute atomic E-state index is 13.9. The third-order valence-electron chi connectivity index (χ3n) is 5.15. The Morgan fingerprint density at radius 1 is 1.19 bits per heavy atom. The molecule has 0 unspecified atom stereocenters. The molecule has 0 saturated carbocycles. The van der Waals surface area contributed by atoms with Crippen molar-refractivity contribution in [2.24, 2.45) is 0 Å². The van der Waals surface area contributed by atoms with Crippen LogP contribution in [0.15, 0.2) is 60.8 Å². The molecule has 4 aromatic rings. The molecular weight excluding hydrogens is 413 g/mol. The number of ether oxygens (including phenoxy) is 1. The Hall–Kier alpha value is -4.58. The molecule has 9 heteroatoms. The number of nitriles is 1. The van der Waals surface area contributed by atoms with Crippen LogP contribution in [0.4, 0.5) is 10.3 Å². The molecule has 156 valence electrons. The van der Waals surface area contributed by atoms with Crippen molar-refractivity contribution in [2.45, 2.75) is 12.5 Å². The molecule has 0 bridgehead atoms. The molecule has 2 aromatic heterocycles. The molecule has 1 N–H and O–H groups in total. The maximum Gasteiger partial charge on any atom is 0.339 e. The number of rotatable bonds is 4. The van der Waals surface area contributed by atoms with E-state index in [9.17, 15) is 14.0 Å². The van der Waals surface area contributed by atoms with Crippen molar-refractivity contribution in [2.75, 3.05) is 5.32 Å². The van der Waals surface area contributed by atoms with Crippen molar-refractivity contribution >= 4 is 23.5 Å². The monoisotopic (exact) mass is 427 g/mol. The Kier molecular flexibility index (Phi) is 4.60. The first-order valence-electron chi connectivity index (χ1n) is 9.68. The number of nitrogens with one attached hydrogen (secondary N) is 1. The Morgan fingerprint density at radius 3 is 2.81 bits per heavy atom. The first-order valence-corrected chi connectivity index (χ1v) is 9.68. The van der Waals surface area contributed by atoms with E-state index in [1.807, 2.05) is 0 Å². The van der Waals surface area contributed by atoms with Crippen LogP contribution >= 0.6 is 0 Å². The summed E-state index contributed by atoms with van der Waals surface area (Å²) in [5.41, 5.74) is 2.83. The van der Waals surface area contributed by atoms with Crippen molar-refractivity contribution in [1.29, 1.82) is 5.26 Å². The van der Waals surface area contributed by atoms with E-state index < -0.39 is 23.8 Å². The fourth-order valence-electron chi connectivity index (χ4n) is 3.61. The van der Waals surface area contributed by atoms with Gasteiger partial charge < -0.3 is 4.74 Å². The minimum absolute atomic E-state index is 0.0313. The van der Waals surface area contributed by atoms with Crippen molar-refractivity contribution < 1.29 is 18.7 Å². The van der Waals surface area contributed by atoms with Gasteiger partial charge in [-0.05, 0) is 35.9 Å². The van der Waals surface area contributed by atoms with E-state index >= 15 is 0 Å². The van der Waals surface area contributed by atoms with E-state index in [4.69, 9.17) is 10.00 Å². The minimum atomic E-state index is -0.659. The molecule has 8 nitrogen and oxygen atoms in total. The van der Waals surface area contributed by atoms with Gasteiger partial charge in [0.25, 0.3) is 0 Å². The lowest BCUT2D eigenvalue weighted by atomic mass is 10.0. The minimum Gasteiger partial charge on any atom is -0.453 e. The first-order chi connectivity index (χ1) is 15.5. The number of cyclic esters (lactones) is 1. The molecule has 1 aliphatic rings. The highest BCUT2D eigenvalue weighted by molar-refractivity contribution is 5.96. The van der Waals surface area contributed by atoms with Crippen LogP contribution in [0.1, 0.15) is 34.0 Å². The maximum atomic E-state index is 13.9. The van der Waals surface area contributed by atoms with E-state index in [1.54, 1.807) is 54.7 Å². The zero-order valence-electron chi connectivity index (χ0n) is 16.4. The predicted octanol–water partition coefficient (Wildman–Crippen LogP) is 3.65. The summed E-state index contributed by atoms with van der Waals surface area (Å²) in [5, 5.41) is 15.7. The fraction of sp³-hybridized carbons (Fsp3) is 0.0870. The number of pyridine rings is 1. The summed E-state index contributed by atoms with van der Waals surface area (Å²) in [4.78, 5) is 28.7. The average molecular weight is 427 g/mol.